The highest BCUT2D eigenvalue weighted by atomic mass is 16.2. The van der Waals surface area contributed by atoms with Gasteiger partial charge >= 0.3 is 11.8 Å². The Morgan fingerprint density at radius 3 is 2.30 bits per heavy atom. The third kappa shape index (κ3) is 4.34. The van der Waals surface area contributed by atoms with Crippen LogP contribution in [0.1, 0.15) is 44.1 Å². The normalized spacial score (nSPS) is 19.7. The molecule has 0 radical (unpaired) electrons. The molecule has 1 saturated heterocycles. The average molecular weight is 314 g/mol. The molecule has 3 rings (SSSR count). The van der Waals surface area contributed by atoms with Crippen LogP contribution in [-0.2, 0) is 16.0 Å². The molecule has 2 fully saturated rings. The second kappa shape index (κ2) is 7.62. The van der Waals surface area contributed by atoms with Gasteiger partial charge in [0.05, 0.1) is 0 Å². The van der Waals surface area contributed by atoms with Gasteiger partial charge < -0.3 is 10.2 Å². The van der Waals surface area contributed by atoms with Crippen molar-refractivity contribution >= 4 is 11.8 Å². The Kier molecular flexibility index (Phi) is 5.31. The molecule has 0 bridgehead atoms. The standard InChI is InChI=1S/C19H26N2O2/c22-18(20-17-8-4-5-9-17)19(23)21-12-10-16(11-13-21)14-15-6-2-1-3-7-15/h1-3,6-7,16-17H,4-5,8-14H2,(H,20,22). The Morgan fingerprint density at radius 1 is 1.00 bits per heavy atom. The number of benzene rings is 1. The van der Waals surface area contributed by atoms with E-state index in [1.807, 2.05) is 6.07 Å². The Bertz CT molecular complexity index is 530. The van der Waals surface area contributed by atoms with Crippen LogP contribution in [0.4, 0.5) is 0 Å². The molecule has 1 aliphatic heterocycles. The minimum Gasteiger partial charge on any atom is -0.345 e. The third-order valence-corrected chi connectivity index (χ3v) is 5.15. The van der Waals surface area contributed by atoms with E-state index in [4.69, 9.17) is 0 Å². The molecule has 1 aromatic carbocycles. The van der Waals surface area contributed by atoms with E-state index in [2.05, 4.69) is 29.6 Å². The van der Waals surface area contributed by atoms with Crippen LogP contribution in [0.25, 0.3) is 0 Å². The highest BCUT2D eigenvalue weighted by Crippen LogP contribution is 2.22. The molecule has 0 atom stereocenters. The first kappa shape index (κ1) is 16.0. The van der Waals surface area contributed by atoms with Crippen molar-refractivity contribution in [1.29, 1.82) is 0 Å². The molecule has 2 amide bonds. The number of nitrogens with one attached hydrogen (secondary N) is 1. The number of carbonyl (C=O) groups is 2. The Hall–Kier alpha value is -1.84. The number of hydrogen-bond donors (Lipinski definition) is 1. The van der Waals surface area contributed by atoms with Gasteiger partial charge in [-0.25, -0.2) is 0 Å². The lowest BCUT2D eigenvalue weighted by Crippen LogP contribution is -2.48. The number of likely N-dealkylation sites (tertiary alicyclic amines) is 1. The van der Waals surface area contributed by atoms with Crippen LogP contribution >= 0.6 is 0 Å². The molecule has 0 unspecified atom stereocenters. The topological polar surface area (TPSA) is 49.4 Å². The zero-order valence-corrected chi connectivity index (χ0v) is 13.7. The quantitative estimate of drug-likeness (QED) is 0.872. The van der Waals surface area contributed by atoms with Crippen molar-refractivity contribution < 1.29 is 9.59 Å². The van der Waals surface area contributed by atoms with E-state index in [-0.39, 0.29) is 11.9 Å². The summed E-state index contributed by atoms with van der Waals surface area (Å²) in [4.78, 5) is 26.1. The van der Waals surface area contributed by atoms with Gasteiger partial charge in [0.2, 0.25) is 0 Å². The molecule has 2 aliphatic rings. The fraction of sp³-hybridized carbons (Fsp3) is 0.579. The summed E-state index contributed by atoms with van der Waals surface area (Å²) < 4.78 is 0. The molecule has 4 heteroatoms. The lowest BCUT2D eigenvalue weighted by atomic mass is 9.90. The van der Waals surface area contributed by atoms with Crippen molar-refractivity contribution in [2.24, 2.45) is 5.92 Å². The molecule has 124 valence electrons. The summed E-state index contributed by atoms with van der Waals surface area (Å²) in [7, 11) is 0. The molecule has 1 aromatic rings. The van der Waals surface area contributed by atoms with Crippen LogP contribution in [0.2, 0.25) is 0 Å². The van der Waals surface area contributed by atoms with E-state index in [1.54, 1.807) is 4.90 Å². The first-order chi connectivity index (χ1) is 11.2. The van der Waals surface area contributed by atoms with Crippen LogP contribution in [-0.4, -0.2) is 35.8 Å². The second-order valence-electron chi connectivity index (χ2n) is 6.88. The van der Waals surface area contributed by atoms with Crippen molar-refractivity contribution in [3.05, 3.63) is 35.9 Å². The Balaban J connectivity index is 1.44. The van der Waals surface area contributed by atoms with Gasteiger partial charge in [0.25, 0.3) is 0 Å². The predicted octanol–water partition coefficient (Wildman–Crippen LogP) is 2.53. The van der Waals surface area contributed by atoms with Gasteiger partial charge in [0, 0.05) is 19.1 Å². The molecule has 1 N–H and O–H groups in total. The largest absolute Gasteiger partial charge is 0.345 e. The van der Waals surface area contributed by atoms with E-state index < -0.39 is 5.91 Å². The maximum absolute atomic E-state index is 12.3. The summed E-state index contributed by atoms with van der Waals surface area (Å²) in [5, 5.41) is 2.90. The van der Waals surface area contributed by atoms with Crippen molar-refractivity contribution in [2.45, 2.75) is 51.0 Å². The molecule has 1 aliphatic carbocycles. The minimum atomic E-state index is -0.404. The maximum atomic E-state index is 12.3. The van der Waals surface area contributed by atoms with Crippen LogP contribution < -0.4 is 5.32 Å². The van der Waals surface area contributed by atoms with Gasteiger partial charge in [-0.05, 0) is 43.6 Å². The van der Waals surface area contributed by atoms with Crippen LogP contribution in [0.5, 0.6) is 0 Å². The summed E-state index contributed by atoms with van der Waals surface area (Å²) >= 11 is 0. The predicted molar refractivity (Wildman–Crippen MR) is 89.8 cm³/mol. The zero-order chi connectivity index (χ0) is 16.1. The van der Waals surface area contributed by atoms with Gasteiger partial charge in [-0.3, -0.25) is 9.59 Å². The number of hydrogen-bond acceptors (Lipinski definition) is 2. The highest BCUT2D eigenvalue weighted by Gasteiger charge is 2.28. The summed E-state index contributed by atoms with van der Waals surface area (Å²) in [6.07, 6.45) is 7.37. The minimum absolute atomic E-state index is 0.210. The summed E-state index contributed by atoms with van der Waals surface area (Å²) in [5.41, 5.74) is 1.36. The van der Waals surface area contributed by atoms with Gasteiger partial charge in [0.15, 0.2) is 0 Å². The highest BCUT2D eigenvalue weighted by molar-refractivity contribution is 6.35. The molecular weight excluding hydrogens is 288 g/mol. The van der Waals surface area contributed by atoms with Crippen molar-refractivity contribution in [1.82, 2.24) is 10.2 Å². The van der Waals surface area contributed by atoms with E-state index in [9.17, 15) is 9.59 Å². The zero-order valence-electron chi connectivity index (χ0n) is 13.7. The number of nitrogens with zero attached hydrogens (tertiary/aromatic N) is 1. The monoisotopic (exact) mass is 314 g/mol. The number of carbonyl (C=O) groups excluding carboxylic acids is 2. The van der Waals surface area contributed by atoms with Gasteiger partial charge in [0.1, 0.15) is 0 Å². The second-order valence-corrected chi connectivity index (χ2v) is 6.88. The summed E-state index contributed by atoms with van der Waals surface area (Å²) in [5.74, 6) is -0.132. The molecule has 1 heterocycles. The molecule has 1 saturated carbocycles. The van der Waals surface area contributed by atoms with Gasteiger partial charge in [-0.15, -0.1) is 0 Å². The average Bonchev–Trinajstić information content (AvgIpc) is 3.09. The van der Waals surface area contributed by atoms with Gasteiger partial charge in [-0.2, -0.15) is 0 Å². The first-order valence-corrected chi connectivity index (χ1v) is 8.86. The molecule has 0 spiro atoms. The number of rotatable bonds is 3. The molecule has 0 aromatic heterocycles. The molecule has 4 nitrogen and oxygen atoms in total. The summed E-state index contributed by atoms with van der Waals surface area (Å²) in [6, 6.07) is 10.7. The SMILES string of the molecule is O=C(NC1CCCC1)C(=O)N1CCC(Cc2ccccc2)CC1. The maximum Gasteiger partial charge on any atom is 0.311 e. The van der Waals surface area contributed by atoms with Crippen molar-refractivity contribution in [3.63, 3.8) is 0 Å². The van der Waals surface area contributed by atoms with Crippen LogP contribution in [0.3, 0.4) is 0 Å². The third-order valence-electron chi connectivity index (χ3n) is 5.15. The fourth-order valence-electron chi connectivity index (χ4n) is 3.75. The van der Waals surface area contributed by atoms with E-state index in [0.717, 1.165) is 44.9 Å². The van der Waals surface area contributed by atoms with E-state index in [1.165, 1.54) is 5.56 Å². The lowest BCUT2D eigenvalue weighted by molar-refractivity contribution is -0.147. The number of piperidine rings is 1. The van der Waals surface area contributed by atoms with Crippen molar-refractivity contribution in [2.75, 3.05) is 13.1 Å². The van der Waals surface area contributed by atoms with Gasteiger partial charge in [-0.1, -0.05) is 43.2 Å². The van der Waals surface area contributed by atoms with E-state index >= 15 is 0 Å². The van der Waals surface area contributed by atoms with Crippen LogP contribution in [0, 0.1) is 5.92 Å². The summed E-state index contributed by atoms with van der Waals surface area (Å²) in [6.45, 7) is 1.41. The Morgan fingerprint density at radius 2 is 1.65 bits per heavy atom. The smallest absolute Gasteiger partial charge is 0.311 e. The van der Waals surface area contributed by atoms with E-state index in [0.29, 0.717) is 19.0 Å². The first-order valence-electron chi connectivity index (χ1n) is 8.86. The fourth-order valence-corrected chi connectivity index (χ4v) is 3.75. The lowest BCUT2D eigenvalue weighted by Gasteiger charge is -2.31. The molecular formula is C19H26N2O2. The molecule has 23 heavy (non-hydrogen) atoms. The van der Waals surface area contributed by atoms with Crippen LogP contribution in [0.15, 0.2) is 30.3 Å². The number of amides is 2. The van der Waals surface area contributed by atoms with Crippen molar-refractivity contribution in [3.8, 4) is 0 Å². The Labute approximate surface area is 138 Å².